The first kappa shape index (κ1) is 17.5. The van der Waals surface area contributed by atoms with Gasteiger partial charge in [0.1, 0.15) is 12.2 Å². The Morgan fingerprint density at radius 1 is 0.739 bits per heavy atom. The zero-order chi connectivity index (χ0) is 16.4. The van der Waals surface area contributed by atoms with E-state index in [1.54, 1.807) is 0 Å². The Kier molecular flexibility index (Phi) is 5.90. The predicted molar refractivity (Wildman–Crippen MR) is 79.9 cm³/mol. The molecule has 0 radical (unpaired) electrons. The van der Waals surface area contributed by atoms with Gasteiger partial charge in [-0.2, -0.15) is 0 Å². The van der Waals surface area contributed by atoms with E-state index < -0.39 is 24.4 Å². The molecular formula is C16H28O7. The summed E-state index contributed by atoms with van der Waals surface area (Å²) >= 11 is 0. The van der Waals surface area contributed by atoms with Gasteiger partial charge < -0.3 is 34.6 Å². The highest BCUT2D eigenvalue weighted by Crippen LogP contribution is 2.32. The highest BCUT2D eigenvalue weighted by molar-refractivity contribution is 4.89. The van der Waals surface area contributed by atoms with Gasteiger partial charge in [-0.1, -0.05) is 0 Å². The minimum absolute atomic E-state index is 0.110. The van der Waals surface area contributed by atoms with Crippen LogP contribution in [0.25, 0.3) is 0 Å². The molecule has 3 aliphatic heterocycles. The molecule has 0 aromatic rings. The molecule has 23 heavy (non-hydrogen) atoms. The molecule has 0 aromatic carbocycles. The second-order valence-electron chi connectivity index (χ2n) is 6.91. The van der Waals surface area contributed by atoms with Gasteiger partial charge in [0, 0.05) is 0 Å². The Bertz CT molecular complexity index is 375. The summed E-state index contributed by atoms with van der Waals surface area (Å²) in [4.78, 5) is 0. The van der Waals surface area contributed by atoms with Gasteiger partial charge in [0.15, 0.2) is 0 Å². The van der Waals surface area contributed by atoms with Crippen LogP contribution in [-0.4, -0.2) is 82.5 Å². The van der Waals surface area contributed by atoms with E-state index in [9.17, 15) is 15.3 Å². The van der Waals surface area contributed by atoms with Crippen LogP contribution < -0.4 is 0 Å². The van der Waals surface area contributed by atoms with Crippen molar-refractivity contribution in [2.45, 2.75) is 87.4 Å². The van der Waals surface area contributed by atoms with E-state index >= 15 is 0 Å². The number of aliphatic hydroxyl groups is 4. The average molecular weight is 332 g/mol. The minimum atomic E-state index is -0.897. The van der Waals surface area contributed by atoms with Gasteiger partial charge in [0.05, 0.1) is 49.8 Å². The van der Waals surface area contributed by atoms with E-state index in [0.717, 1.165) is 19.4 Å². The number of rotatable bonds is 8. The maximum atomic E-state index is 10.2. The minimum Gasteiger partial charge on any atom is -0.394 e. The summed E-state index contributed by atoms with van der Waals surface area (Å²) < 4.78 is 16.6. The lowest BCUT2D eigenvalue weighted by atomic mass is 9.99. The zero-order valence-electron chi connectivity index (χ0n) is 13.3. The predicted octanol–water partition coefficient (Wildman–Crippen LogP) is -0.664. The first-order valence-corrected chi connectivity index (χ1v) is 8.66. The molecule has 0 bridgehead atoms. The van der Waals surface area contributed by atoms with Crippen molar-refractivity contribution in [1.82, 2.24) is 0 Å². The summed E-state index contributed by atoms with van der Waals surface area (Å²) in [5.41, 5.74) is 0. The Hall–Kier alpha value is -0.280. The van der Waals surface area contributed by atoms with Crippen LogP contribution in [0.3, 0.4) is 0 Å². The Morgan fingerprint density at radius 2 is 1.26 bits per heavy atom. The van der Waals surface area contributed by atoms with Crippen molar-refractivity contribution in [2.75, 3.05) is 13.2 Å². The van der Waals surface area contributed by atoms with Crippen LogP contribution in [0.4, 0.5) is 0 Å². The summed E-state index contributed by atoms with van der Waals surface area (Å²) in [7, 11) is 0. The molecule has 4 N–H and O–H groups in total. The lowest BCUT2D eigenvalue weighted by Gasteiger charge is -2.23. The van der Waals surface area contributed by atoms with Gasteiger partial charge in [-0.3, -0.25) is 0 Å². The second-order valence-corrected chi connectivity index (χ2v) is 6.91. The molecule has 3 aliphatic rings. The highest BCUT2D eigenvalue weighted by Gasteiger charge is 2.41. The zero-order valence-corrected chi connectivity index (χ0v) is 13.3. The first-order valence-electron chi connectivity index (χ1n) is 8.66. The van der Waals surface area contributed by atoms with E-state index in [-0.39, 0.29) is 31.0 Å². The van der Waals surface area contributed by atoms with Crippen molar-refractivity contribution in [3.05, 3.63) is 0 Å². The molecule has 0 saturated carbocycles. The van der Waals surface area contributed by atoms with Crippen molar-refractivity contribution in [2.24, 2.45) is 0 Å². The molecule has 0 aromatic heterocycles. The van der Waals surface area contributed by atoms with Crippen LogP contribution in [0.15, 0.2) is 0 Å². The summed E-state index contributed by atoms with van der Waals surface area (Å²) in [6.45, 7) is 0.420. The van der Waals surface area contributed by atoms with Crippen LogP contribution in [-0.2, 0) is 14.2 Å². The molecule has 0 aliphatic carbocycles. The number of aliphatic hydroxyl groups excluding tert-OH is 4. The van der Waals surface area contributed by atoms with Crippen molar-refractivity contribution < 1.29 is 34.6 Å². The summed E-state index contributed by atoms with van der Waals surface area (Å²) in [6, 6.07) is 0. The van der Waals surface area contributed by atoms with Crippen LogP contribution in [0.1, 0.15) is 38.5 Å². The Balaban J connectivity index is 1.36. The smallest absolute Gasteiger partial charge is 0.107 e. The van der Waals surface area contributed by atoms with Crippen LogP contribution >= 0.6 is 0 Å². The van der Waals surface area contributed by atoms with E-state index in [1.165, 1.54) is 0 Å². The second kappa shape index (κ2) is 7.74. The third kappa shape index (κ3) is 4.42. The molecule has 3 saturated heterocycles. The van der Waals surface area contributed by atoms with Crippen molar-refractivity contribution in [1.29, 1.82) is 0 Å². The average Bonchev–Trinajstić information content (AvgIpc) is 3.10. The lowest BCUT2D eigenvalue weighted by Crippen LogP contribution is -2.34. The third-order valence-electron chi connectivity index (χ3n) is 5.18. The van der Waals surface area contributed by atoms with E-state index in [2.05, 4.69) is 0 Å². The van der Waals surface area contributed by atoms with Crippen LogP contribution in [0, 0.1) is 0 Å². The van der Waals surface area contributed by atoms with Gasteiger partial charge in [0.2, 0.25) is 0 Å². The van der Waals surface area contributed by atoms with E-state index in [1.807, 2.05) is 0 Å². The molecule has 7 nitrogen and oxygen atoms in total. The number of hydrogen-bond donors (Lipinski definition) is 4. The fraction of sp³-hybridized carbons (Fsp3) is 1.00. The molecule has 8 atom stereocenters. The first-order chi connectivity index (χ1) is 11.1. The topological polar surface area (TPSA) is 112 Å². The monoisotopic (exact) mass is 332 g/mol. The van der Waals surface area contributed by atoms with Gasteiger partial charge in [-0.05, 0) is 38.5 Å². The summed E-state index contributed by atoms with van der Waals surface area (Å²) in [6.07, 6.45) is 1.13. The quantitative estimate of drug-likeness (QED) is 0.436. The van der Waals surface area contributed by atoms with Gasteiger partial charge in [-0.15, -0.1) is 0 Å². The SMILES string of the molecule is OC[C@H](O)[C@H]1CC[C@@H]([C@@H](O)CC[C@H](O)[C@@H]2CC[C@H]([C@@H]3CO3)O2)O1. The Labute approximate surface area is 136 Å². The molecule has 3 rings (SSSR count). The molecule has 134 valence electrons. The number of epoxide rings is 1. The van der Waals surface area contributed by atoms with Crippen molar-refractivity contribution in [3.8, 4) is 0 Å². The van der Waals surface area contributed by atoms with Gasteiger partial charge >= 0.3 is 0 Å². The standard InChI is InChI=1S/C16H28O7/c17-7-11(20)14-4-3-12(22-14)9(18)1-2-10(19)13-5-6-15(23-13)16-8-21-16/h9-20H,1-8H2/t9-,10-,11-,12-,13-,14+,15+,16-/m0/s1. The van der Waals surface area contributed by atoms with E-state index in [4.69, 9.17) is 19.3 Å². The van der Waals surface area contributed by atoms with Crippen molar-refractivity contribution in [3.63, 3.8) is 0 Å². The third-order valence-corrected chi connectivity index (χ3v) is 5.18. The molecule has 0 amide bonds. The van der Waals surface area contributed by atoms with Crippen LogP contribution in [0.2, 0.25) is 0 Å². The molecule has 0 spiro atoms. The fourth-order valence-electron chi connectivity index (χ4n) is 3.60. The molecule has 3 fully saturated rings. The number of ether oxygens (including phenoxy) is 3. The number of hydrogen-bond acceptors (Lipinski definition) is 7. The van der Waals surface area contributed by atoms with Gasteiger partial charge in [-0.25, -0.2) is 0 Å². The summed E-state index contributed by atoms with van der Waals surface area (Å²) in [5.74, 6) is 0. The normalized spacial score (nSPS) is 41.0. The highest BCUT2D eigenvalue weighted by atomic mass is 16.6. The maximum Gasteiger partial charge on any atom is 0.107 e. The molecular weight excluding hydrogens is 304 g/mol. The molecule has 0 unspecified atom stereocenters. The largest absolute Gasteiger partial charge is 0.394 e. The van der Waals surface area contributed by atoms with Gasteiger partial charge in [0.25, 0.3) is 0 Å². The molecule has 7 heteroatoms. The fourth-order valence-corrected chi connectivity index (χ4v) is 3.60. The van der Waals surface area contributed by atoms with Crippen molar-refractivity contribution >= 4 is 0 Å². The van der Waals surface area contributed by atoms with Crippen LogP contribution in [0.5, 0.6) is 0 Å². The van der Waals surface area contributed by atoms with E-state index in [0.29, 0.717) is 25.7 Å². The Morgan fingerprint density at radius 3 is 1.83 bits per heavy atom. The lowest BCUT2D eigenvalue weighted by molar-refractivity contribution is -0.0922. The summed E-state index contributed by atoms with van der Waals surface area (Å²) in [5, 5.41) is 39.0. The maximum absolute atomic E-state index is 10.2. The molecule has 3 heterocycles.